The number of anilines is 2. The minimum Gasteiger partial charge on any atom is -0.396 e. The summed E-state index contributed by atoms with van der Waals surface area (Å²) in [6.07, 6.45) is 2.48. The second-order valence-corrected chi connectivity index (χ2v) is 5.35. The second-order valence-electron chi connectivity index (χ2n) is 5.35. The van der Waals surface area contributed by atoms with Crippen molar-refractivity contribution in [3.8, 4) is 0 Å². The van der Waals surface area contributed by atoms with Crippen LogP contribution in [0.15, 0.2) is 30.5 Å². The summed E-state index contributed by atoms with van der Waals surface area (Å²) in [6.45, 7) is 3.68. The summed E-state index contributed by atoms with van der Waals surface area (Å²) >= 11 is 0. The maximum Gasteiger partial charge on any atom is 0.0741 e. The molecule has 4 heteroatoms. The number of rotatable bonds is 1. The second kappa shape index (κ2) is 4.70. The van der Waals surface area contributed by atoms with Gasteiger partial charge in [-0.25, -0.2) is 0 Å². The molecule has 1 aliphatic heterocycles. The van der Waals surface area contributed by atoms with Crippen LogP contribution in [0, 0.1) is 5.92 Å². The maximum atomic E-state index is 10.0. The van der Waals surface area contributed by atoms with E-state index in [2.05, 4.69) is 16.8 Å². The van der Waals surface area contributed by atoms with Crippen molar-refractivity contribution < 1.29 is 5.11 Å². The highest BCUT2D eigenvalue weighted by Gasteiger charge is 2.25. The average Bonchev–Trinajstić information content (AvgIpc) is 2.43. The van der Waals surface area contributed by atoms with Gasteiger partial charge in [0.05, 0.1) is 23.0 Å². The van der Waals surface area contributed by atoms with Crippen LogP contribution in [0.5, 0.6) is 0 Å². The lowest BCUT2D eigenvalue weighted by Gasteiger charge is -2.36. The molecule has 0 radical (unpaired) electrons. The Balaban J connectivity index is 1.99. The molecule has 1 saturated heterocycles. The smallest absolute Gasteiger partial charge is 0.0741 e. The van der Waals surface area contributed by atoms with Crippen LogP contribution in [0.25, 0.3) is 10.9 Å². The minimum absolute atomic E-state index is 0.280. The lowest BCUT2D eigenvalue weighted by molar-refractivity contribution is 0.103. The van der Waals surface area contributed by atoms with Crippen molar-refractivity contribution in [1.82, 2.24) is 4.98 Å². The van der Waals surface area contributed by atoms with Crippen LogP contribution >= 0.6 is 0 Å². The highest BCUT2D eigenvalue weighted by Crippen LogP contribution is 2.32. The van der Waals surface area contributed by atoms with E-state index >= 15 is 0 Å². The Labute approximate surface area is 112 Å². The van der Waals surface area contributed by atoms with Crippen molar-refractivity contribution >= 4 is 22.3 Å². The first-order chi connectivity index (χ1) is 9.16. The van der Waals surface area contributed by atoms with Gasteiger partial charge in [-0.15, -0.1) is 0 Å². The lowest BCUT2D eigenvalue weighted by Crippen LogP contribution is -2.43. The standard InChI is InChI=1S/C15H19N3O/c1-10-6-8-18(9-14(10)19)13-5-4-12-11(15(13)16)3-2-7-17-12/h2-5,7,10,14,19H,6,8-9,16H2,1H3. The van der Waals surface area contributed by atoms with Gasteiger partial charge in [-0.2, -0.15) is 0 Å². The number of benzene rings is 1. The number of fused-ring (bicyclic) bond motifs is 1. The highest BCUT2D eigenvalue weighted by atomic mass is 16.3. The van der Waals surface area contributed by atoms with Crippen molar-refractivity contribution in [2.45, 2.75) is 19.4 Å². The van der Waals surface area contributed by atoms with E-state index in [4.69, 9.17) is 5.73 Å². The average molecular weight is 257 g/mol. The molecule has 100 valence electrons. The molecule has 19 heavy (non-hydrogen) atoms. The molecular formula is C15H19N3O. The van der Waals surface area contributed by atoms with Crippen molar-refractivity contribution in [3.63, 3.8) is 0 Å². The van der Waals surface area contributed by atoms with E-state index in [0.29, 0.717) is 12.5 Å². The monoisotopic (exact) mass is 257 g/mol. The molecule has 2 atom stereocenters. The van der Waals surface area contributed by atoms with Gasteiger partial charge in [-0.3, -0.25) is 4.98 Å². The third kappa shape index (κ3) is 2.12. The molecule has 3 rings (SSSR count). The minimum atomic E-state index is -0.280. The molecule has 0 saturated carbocycles. The fourth-order valence-corrected chi connectivity index (χ4v) is 2.71. The molecule has 2 heterocycles. The Morgan fingerprint density at radius 2 is 2.21 bits per heavy atom. The van der Waals surface area contributed by atoms with Crippen LogP contribution in [0.4, 0.5) is 11.4 Å². The number of aliphatic hydroxyl groups is 1. The number of hydrogen-bond donors (Lipinski definition) is 2. The number of β-amino-alcohol motifs (C(OH)–C–C–N with tert-alkyl or cyclic N) is 1. The number of hydrogen-bond acceptors (Lipinski definition) is 4. The highest BCUT2D eigenvalue weighted by molar-refractivity contribution is 5.97. The number of nitrogen functional groups attached to an aromatic ring is 1. The summed E-state index contributed by atoms with van der Waals surface area (Å²) in [5.74, 6) is 0.361. The number of aliphatic hydroxyl groups excluding tert-OH is 1. The summed E-state index contributed by atoms with van der Waals surface area (Å²) in [5, 5.41) is 11.0. The van der Waals surface area contributed by atoms with Crippen molar-refractivity contribution in [2.24, 2.45) is 5.92 Å². The molecule has 1 aromatic carbocycles. The zero-order valence-electron chi connectivity index (χ0n) is 11.1. The first kappa shape index (κ1) is 12.2. The van der Waals surface area contributed by atoms with Crippen LogP contribution in [0.2, 0.25) is 0 Å². The van der Waals surface area contributed by atoms with E-state index in [9.17, 15) is 5.11 Å². The molecule has 2 aromatic rings. The van der Waals surface area contributed by atoms with Gasteiger partial charge in [0.1, 0.15) is 0 Å². The molecule has 4 nitrogen and oxygen atoms in total. The van der Waals surface area contributed by atoms with Gasteiger partial charge < -0.3 is 15.7 Å². The van der Waals surface area contributed by atoms with Gasteiger partial charge in [0.15, 0.2) is 0 Å². The summed E-state index contributed by atoms with van der Waals surface area (Å²) in [4.78, 5) is 6.48. The summed E-state index contributed by atoms with van der Waals surface area (Å²) in [6, 6.07) is 7.89. The Hall–Kier alpha value is -1.81. The predicted molar refractivity (Wildman–Crippen MR) is 78.2 cm³/mol. The molecule has 0 aliphatic carbocycles. The van der Waals surface area contributed by atoms with Crippen LogP contribution in [-0.4, -0.2) is 29.3 Å². The van der Waals surface area contributed by atoms with E-state index < -0.39 is 0 Å². The van der Waals surface area contributed by atoms with Gasteiger partial charge in [0, 0.05) is 24.7 Å². The molecule has 0 bridgehead atoms. The van der Waals surface area contributed by atoms with Crippen molar-refractivity contribution in [1.29, 1.82) is 0 Å². The number of pyridine rings is 1. The number of nitrogens with two attached hydrogens (primary N) is 1. The van der Waals surface area contributed by atoms with Gasteiger partial charge in [0.25, 0.3) is 0 Å². The number of piperidine rings is 1. The molecule has 0 spiro atoms. The third-order valence-electron chi connectivity index (χ3n) is 4.06. The lowest BCUT2D eigenvalue weighted by atomic mass is 9.95. The van der Waals surface area contributed by atoms with E-state index in [1.807, 2.05) is 24.3 Å². The van der Waals surface area contributed by atoms with E-state index in [1.165, 1.54) is 0 Å². The van der Waals surface area contributed by atoms with Crippen molar-refractivity contribution in [2.75, 3.05) is 23.7 Å². The van der Waals surface area contributed by atoms with Crippen molar-refractivity contribution in [3.05, 3.63) is 30.5 Å². The van der Waals surface area contributed by atoms with Gasteiger partial charge in [-0.05, 0) is 36.6 Å². The van der Waals surface area contributed by atoms with E-state index in [-0.39, 0.29) is 6.10 Å². The molecular weight excluding hydrogens is 238 g/mol. The van der Waals surface area contributed by atoms with E-state index in [0.717, 1.165) is 35.2 Å². The van der Waals surface area contributed by atoms with Crippen LogP contribution in [-0.2, 0) is 0 Å². The SMILES string of the molecule is CC1CCN(c2ccc3ncccc3c2N)CC1O. The first-order valence-electron chi connectivity index (χ1n) is 6.73. The zero-order chi connectivity index (χ0) is 13.4. The number of aromatic nitrogens is 1. The summed E-state index contributed by atoms with van der Waals surface area (Å²) in [5.41, 5.74) is 8.94. The molecule has 2 unspecified atom stereocenters. The molecule has 1 aromatic heterocycles. The Bertz CT molecular complexity index is 599. The normalized spacial score (nSPS) is 23.8. The summed E-state index contributed by atoms with van der Waals surface area (Å²) < 4.78 is 0. The fourth-order valence-electron chi connectivity index (χ4n) is 2.71. The Morgan fingerprint density at radius 1 is 1.37 bits per heavy atom. The topological polar surface area (TPSA) is 62.4 Å². The quantitative estimate of drug-likeness (QED) is 0.767. The van der Waals surface area contributed by atoms with Gasteiger partial charge in [-0.1, -0.05) is 6.92 Å². The zero-order valence-corrected chi connectivity index (χ0v) is 11.1. The Morgan fingerprint density at radius 3 is 3.00 bits per heavy atom. The van der Waals surface area contributed by atoms with Crippen LogP contribution < -0.4 is 10.6 Å². The fraction of sp³-hybridized carbons (Fsp3) is 0.400. The third-order valence-corrected chi connectivity index (χ3v) is 4.06. The first-order valence-corrected chi connectivity index (χ1v) is 6.73. The summed E-state index contributed by atoms with van der Waals surface area (Å²) in [7, 11) is 0. The predicted octanol–water partition coefficient (Wildman–Crippen LogP) is 2.02. The molecule has 0 amide bonds. The number of nitrogens with zero attached hydrogens (tertiary/aromatic N) is 2. The molecule has 1 fully saturated rings. The maximum absolute atomic E-state index is 10.0. The molecule has 1 aliphatic rings. The largest absolute Gasteiger partial charge is 0.396 e. The van der Waals surface area contributed by atoms with Crippen LogP contribution in [0.1, 0.15) is 13.3 Å². The molecule has 3 N–H and O–H groups in total. The van der Waals surface area contributed by atoms with Gasteiger partial charge >= 0.3 is 0 Å². The van der Waals surface area contributed by atoms with Crippen LogP contribution in [0.3, 0.4) is 0 Å². The van der Waals surface area contributed by atoms with E-state index in [1.54, 1.807) is 6.20 Å². The van der Waals surface area contributed by atoms with Gasteiger partial charge in [0.2, 0.25) is 0 Å². The Kier molecular flexibility index (Phi) is 3.03.